The SMILES string of the molecule is O=C(Nc1ccc(F)cc1I)c1ccnc2ccccc12. The number of nitrogens with zero attached hydrogens (tertiary/aromatic N) is 1. The van der Waals surface area contributed by atoms with E-state index in [2.05, 4.69) is 10.3 Å². The van der Waals surface area contributed by atoms with Gasteiger partial charge in [0.05, 0.1) is 16.8 Å². The third-order valence-corrected chi connectivity index (χ3v) is 3.97. The Morgan fingerprint density at radius 1 is 1.14 bits per heavy atom. The van der Waals surface area contributed by atoms with Crippen LogP contribution in [0.4, 0.5) is 10.1 Å². The number of nitrogens with one attached hydrogen (secondary N) is 1. The Morgan fingerprint density at radius 3 is 2.76 bits per heavy atom. The molecule has 1 aromatic heterocycles. The number of halogens is 2. The molecule has 0 aliphatic carbocycles. The van der Waals surface area contributed by atoms with Crippen LogP contribution in [0, 0.1) is 9.39 Å². The number of benzene rings is 2. The maximum atomic E-state index is 13.1. The predicted molar refractivity (Wildman–Crippen MR) is 88.8 cm³/mol. The normalized spacial score (nSPS) is 10.6. The van der Waals surface area contributed by atoms with E-state index in [9.17, 15) is 9.18 Å². The van der Waals surface area contributed by atoms with E-state index in [-0.39, 0.29) is 11.7 Å². The topological polar surface area (TPSA) is 42.0 Å². The van der Waals surface area contributed by atoms with E-state index >= 15 is 0 Å². The van der Waals surface area contributed by atoms with E-state index < -0.39 is 0 Å². The van der Waals surface area contributed by atoms with Gasteiger partial charge in [0.15, 0.2) is 0 Å². The van der Waals surface area contributed by atoms with E-state index in [0.717, 1.165) is 10.9 Å². The van der Waals surface area contributed by atoms with Gasteiger partial charge < -0.3 is 5.32 Å². The molecular weight excluding hydrogens is 382 g/mol. The molecule has 5 heteroatoms. The molecule has 0 radical (unpaired) electrons. The summed E-state index contributed by atoms with van der Waals surface area (Å²) in [6.07, 6.45) is 1.60. The molecule has 2 aromatic carbocycles. The van der Waals surface area contributed by atoms with Gasteiger partial charge in [-0.05, 0) is 52.9 Å². The summed E-state index contributed by atoms with van der Waals surface area (Å²) in [4.78, 5) is 16.7. The molecule has 0 bridgehead atoms. The molecule has 3 aromatic rings. The predicted octanol–water partition coefficient (Wildman–Crippen LogP) is 4.23. The molecule has 104 valence electrons. The highest BCUT2D eigenvalue weighted by Crippen LogP contribution is 2.22. The number of aromatic nitrogens is 1. The van der Waals surface area contributed by atoms with Crippen molar-refractivity contribution in [3.05, 3.63) is 69.7 Å². The van der Waals surface area contributed by atoms with Crippen molar-refractivity contribution in [1.82, 2.24) is 4.98 Å². The minimum absolute atomic E-state index is 0.238. The first-order chi connectivity index (χ1) is 10.1. The van der Waals surface area contributed by atoms with Crippen molar-refractivity contribution in [2.24, 2.45) is 0 Å². The Morgan fingerprint density at radius 2 is 1.95 bits per heavy atom. The van der Waals surface area contributed by atoms with Crippen molar-refractivity contribution >= 4 is 45.1 Å². The Kier molecular flexibility index (Phi) is 3.83. The molecule has 1 amide bonds. The Hall–Kier alpha value is -2.02. The van der Waals surface area contributed by atoms with Crippen LogP contribution in [-0.4, -0.2) is 10.9 Å². The molecule has 3 nitrogen and oxygen atoms in total. The second-order valence-corrected chi connectivity index (χ2v) is 5.62. The second kappa shape index (κ2) is 5.77. The van der Waals surface area contributed by atoms with Crippen LogP contribution in [0.5, 0.6) is 0 Å². The van der Waals surface area contributed by atoms with Gasteiger partial charge in [-0.25, -0.2) is 4.39 Å². The van der Waals surface area contributed by atoms with Crippen LogP contribution >= 0.6 is 22.6 Å². The Bertz CT molecular complexity index is 830. The van der Waals surface area contributed by atoms with Crippen molar-refractivity contribution in [2.75, 3.05) is 5.32 Å². The van der Waals surface area contributed by atoms with E-state index in [1.54, 1.807) is 18.3 Å². The van der Waals surface area contributed by atoms with Gasteiger partial charge in [0.1, 0.15) is 5.82 Å². The summed E-state index contributed by atoms with van der Waals surface area (Å²) in [7, 11) is 0. The highest BCUT2D eigenvalue weighted by Gasteiger charge is 2.12. The first-order valence-corrected chi connectivity index (χ1v) is 7.33. The third kappa shape index (κ3) is 2.87. The summed E-state index contributed by atoms with van der Waals surface area (Å²) in [6.45, 7) is 0. The second-order valence-electron chi connectivity index (χ2n) is 4.45. The van der Waals surface area contributed by atoms with Crippen molar-refractivity contribution in [3.63, 3.8) is 0 Å². The van der Waals surface area contributed by atoms with Gasteiger partial charge in [-0.15, -0.1) is 0 Å². The molecular formula is C16H10FIN2O. The summed E-state index contributed by atoms with van der Waals surface area (Å²) in [5, 5.41) is 3.59. The minimum Gasteiger partial charge on any atom is -0.321 e. The lowest BCUT2D eigenvalue weighted by atomic mass is 10.1. The lowest BCUT2D eigenvalue weighted by Crippen LogP contribution is -2.13. The van der Waals surface area contributed by atoms with Crippen LogP contribution in [0.25, 0.3) is 10.9 Å². The number of carbonyl (C=O) groups is 1. The lowest BCUT2D eigenvalue weighted by Gasteiger charge is -2.09. The van der Waals surface area contributed by atoms with E-state index in [1.807, 2.05) is 46.9 Å². The number of pyridine rings is 1. The zero-order valence-corrected chi connectivity index (χ0v) is 13.0. The number of fused-ring (bicyclic) bond motifs is 1. The summed E-state index contributed by atoms with van der Waals surface area (Å²) in [5.74, 6) is -0.565. The number of rotatable bonds is 2. The fourth-order valence-electron chi connectivity index (χ4n) is 2.07. The molecule has 0 atom stereocenters. The largest absolute Gasteiger partial charge is 0.321 e. The molecule has 1 N–H and O–H groups in total. The molecule has 1 heterocycles. The molecule has 0 aliphatic rings. The van der Waals surface area contributed by atoms with Gasteiger partial charge >= 0.3 is 0 Å². The summed E-state index contributed by atoms with van der Waals surface area (Å²) in [5.41, 5.74) is 1.89. The van der Waals surface area contributed by atoms with E-state index in [1.165, 1.54) is 12.1 Å². The number of carbonyl (C=O) groups excluding carboxylic acids is 1. The van der Waals surface area contributed by atoms with Gasteiger partial charge in [-0.2, -0.15) is 0 Å². The number of hydrogen-bond donors (Lipinski definition) is 1. The molecule has 0 fully saturated rings. The zero-order valence-electron chi connectivity index (χ0n) is 10.8. The highest BCUT2D eigenvalue weighted by molar-refractivity contribution is 14.1. The van der Waals surface area contributed by atoms with Crippen LogP contribution in [-0.2, 0) is 0 Å². The number of anilines is 1. The molecule has 0 spiro atoms. The lowest BCUT2D eigenvalue weighted by molar-refractivity contribution is 0.102. The summed E-state index contributed by atoms with van der Waals surface area (Å²) < 4.78 is 13.7. The highest BCUT2D eigenvalue weighted by atomic mass is 127. The standard InChI is InChI=1S/C16H10FIN2O/c17-10-5-6-15(13(18)9-10)20-16(21)12-7-8-19-14-4-2-1-3-11(12)14/h1-9H,(H,20,21). The van der Waals surface area contributed by atoms with E-state index in [0.29, 0.717) is 14.8 Å². The fraction of sp³-hybridized carbons (Fsp3) is 0. The van der Waals surface area contributed by atoms with Gasteiger partial charge in [0, 0.05) is 15.2 Å². The Labute approximate surface area is 134 Å². The van der Waals surface area contributed by atoms with Gasteiger partial charge in [0.2, 0.25) is 0 Å². The van der Waals surface area contributed by atoms with Crippen LogP contribution in [0.3, 0.4) is 0 Å². The fourth-order valence-corrected chi connectivity index (χ4v) is 2.69. The molecule has 3 rings (SSSR count). The molecule has 0 unspecified atom stereocenters. The zero-order chi connectivity index (χ0) is 14.8. The monoisotopic (exact) mass is 392 g/mol. The summed E-state index contributed by atoms with van der Waals surface area (Å²) in [6, 6.07) is 13.4. The van der Waals surface area contributed by atoms with Crippen LogP contribution < -0.4 is 5.32 Å². The number of amides is 1. The summed E-state index contributed by atoms with van der Waals surface area (Å²) >= 11 is 1.99. The van der Waals surface area contributed by atoms with Gasteiger partial charge in [0.25, 0.3) is 5.91 Å². The van der Waals surface area contributed by atoms with Gasteiger partial charge in [-0.3, -0.25) is 9.78 Å². The minimum atomic E-state index is -0.327. The maximum absolute atomic E-state index is 13.1. The molecule has 0 aliphatic heterocycles. The number of para-hydroxylation sites is 1. The van der Waals surface area contributed by atoms with Crippen LogP contribution in [0.1, 0.15) is 10.4 Å². The third-order valence-electron chi connectivity index (χ3n) is 3.07. The molecule has 0 saturated heterocycles. The van der Waals surface area contributed by atoms with Crippen molar-refractivity contribution in [3.8, 4) is 0 Å². The van der Waals surface area contributed by atoms with Crippen LogP contribution in [0.2, 0.25) is 0 Å². The Balaban J connectivity index is 1.97. The van der Waals surface area contributed by atoms with Crippen molar-refractivity contribution in [1.29, 1.82) is 0 Å². The van der Waals surface area contributed by atoms with Gasteiger partial charge in [-0.1, -0.05) is 18.2 Å². The van der Waals surface area contributed by atoms with Crippen LogP contribution in [0.15, 0.2) is 54.7 Å². The first kappa shape index (κ1) is 13.9. The average Bonchev–Trinajstić information content (AvgIpc) is 2.49. The smallest absolute Gasteiger partial charge is 0.256 e. The molecule has 21 heavy (non-hydrogen) atoms. The van der Waals surface area contributed by atoms with Crippen molar-refractivity contribution in [2.45, 2.75) is 0 Å². The van der Waals surface area contributed by atoms with Crippen molar-refractivity contribution < 1.29 is 9.18 Å². The molecule has 0 saturated carbocycles. The number of hydrogen-bond acceptors (Lipinski definition) is 2. The quantitative estimate of drug-likeness (QED) is 0.664. The maximum Gasteiger partial charge on any atom is 0.256 e. The average molecular weight is 392 g/mol. The first-order valence-electron chi connectivity index (χ1n) is 6.25. The van der Waals surface area contributed by atoms with E-state index in [4.69, 9.17) is 0 Å².